The number of alkyl halides is 3. The first-order valence-corrected chi connectivity index (χ1v) is 10.6. The maximum Gasteiger partial charge on any atom is 0.435 e. The van der Waals surface area contributed by atoms with Crippen LogP contribution in [0.2, 0.25) is 0 Å². The predicted octanol–water partition coefficient (Wildman–Crippen LogP) is 4.56. The zero-order valence-electron chi connectivity index (χ0n) is 17.3. The highest BCUT2D eigenvalue weighted by Crippen LogP contribution is 2.42. The van der Waals surface area contributed by atoms with Crippen molar-refractivity contribution in [2.24, 2.45) is 0 Å². The topological polar surface area (TPSA) is 90.3 Å². The molecule has 7 nitrogen and oxygen atoms in total. The number of ether oxygens (including phenoxy) is 1. The molecule has 0 radical (unpaired) electrons. The highest BCUT2D eigenvalue weighted by atomic mass is 32.1. The summed E-state index contributed by atoms with van der Waals surface area (Å²) in [7, 11) is 0. The smallest absolute Gasteiger partial charge is 0.435 e. The average Bonchev–Trinajstić information content (AvgIpc) is 3.32. The van der Waals surface area contributed by atoms with E-state index in [1.54, 1.807) is 13.8 Å². The van der Waals surface area contributed by atoms with Crippen LogP contribution in [0.4, 0.5) is 18.2 Å². The molecule has 1 N–H and O–H groups in total. The number of nitrogens with zero attached hydrogens (tertiary/aromatic N) is 2. The molecule has 0 unspecified atom stereocenters. The van der Waals surface area contributed by atoms with Gasteiger partial charge in [-0.2, -0.15) is 18.3 Å². The highest BCUT2D eigenvalue weighted by molar-refractivity contribution is 7.18. The Morgan fingerprint density at radius 2 is 2.00 bits per heavy atom. The van der Waals surface area contributed by atoms with Crippen molar-refractivity contribution in [1.29, 1.82) is 0 Å². The summed E-state index contributed by atoms with van der Waals surface area (Å²) < 4.78 is 45.3. The lowest BCUT2D eigenvalue weighted by Gasteiger charge is -2.09. The van der Waals surface area contributed by atoms with Crippen LogP contribution in [0.1, 0.15) is 76.0 Å². The van der Waals surface area contributed by atoms with Crippen LogP contribution in [0.3, 0.4) is 0 Å². The van der Waals surface area contributed by atoms with E-state index in [1.807, 2.05) is 0 Å². The number of aryl methyl sites for hydroxylation is 1. The standard InChI is InChI=1S/C20H22F3N3O4S/c1-4-30-19(29)16-10(2)17(11(3)27)31-18(16)24-15(28)7-8-26-13(12-5-6-12)9-14(25-26)20(21,22)23/h9,12H,4-8H2,1-3H3,(H,24,28). The monoisotopic (exact) mass is 457 g/mol. The zero-order valence-corrected chi connectivity index (χ0v) is 18.1. The Balaban J connectivity index is 1.76. The number of aromatic nitrogens is 2. The summed E-state index contributed by atoms with van der Waals surface area (Å²) in [5, 5.41) is 6.41. The molecule has 1 aliphatic carbocycles. The van der Waals surface area contributed by atoms with Crippen LogP contribution < -0.4 is 5.32 Å². The van der Waals surface area contributed by atoms with Crippen molar-refractivity contribution in [2.45, 2.75) is 58.7 Å². The largest absolute Gasteiger partial charge is 0.462 e. The number of anilines is 1. The summed E-state index contributed by atoms with van der Waals surface area (Å²) in [6.07, 6.45) is -3.11. The van der Waals surface area contributed by atoms with E-state index in [2.05, 4.69) is 10.4 Å². The third-order valence-corrected chi connectivity index (χ3v) is 6.15. The number of nitrogens with one attached hydrogen (secondary N) is 1. The summed E-state index contributed by atoms with van der Waals surface area (Å²) in [6, 6.07) is 1.04. The van der Waals surface area contributed by atoms with Crippen LogP contribution in [-0.4, -0.2) is 34.0 Å². The Morgan fingerprint density at radius 3 is 2.55 bits per heavy atom. The molecule has 2 aromatic heterocycles. The summed E-state index contributed by atoms with van der Waals surface area (Å²) in [4.78, 5) is 37.0. The van der Waals surface area contributed by atoms with Gasteiger partial charge in [-0.3, -0.25) is 14.3 Å². The van der Waals surface area contributed by atoms with Crippen molar-refractivity contribution in [1.82, 2.24) is 9.78 Å². The van der Waals surface area contributed by atoms with Crippen molar-refractivity contribution in [3.63, 3.8) is 0 Å². The minimum absolute atomic E-state index is 0.0279. The minimum Gasteiger partial charge on any atom is -0.462 e. The summed E-state index contributed by atoms with van der Waals surface area (Å²) in [5.74, 6) is -1.39. The fourth-order valence-corrected chi connectivity index (χ4v) is 4.35. The molecule has 1 fully saturated rings. The summed E-state index contributed by atoms with van der Waals surface area (Å²) >= 11 is 0.970. The number of carbonyl (C=O) groups excluding carboxylic acids is 3. The van der Waals surface area contributed by atoms with Crippen LogP contribution >= 0.6 is 11.3 Å². The molecule has 3 rings (SSSR count). The second kappa shape index (κ2) is 8.81. The maximum absolute atomic E-state index is 13.0. The molecule has 0 aliphatic heterocycles. The lowest BCUT2D eigenvalue weighted by Crippen LogP contribution is -2.18. The molecule has 0 spiro atoms. The van der Waals surface area contributed by atoms with Crippen molar-refractivity contribution in [3.05, 3.63) is 33.5 Å². The predicted molar refractivity (Wildman–Crippen MR) is 107 cm³/mol. The van der Waals surface area contributed by atoms with Crippen molar-refractivity contribution >= 4 is 34.0 Å². The number of Topliss-reactive ketones (excluding diaryl/α,β-unsaturated/α-hetero) is 1. The maximum atomic E-state index is 13.0. The van der Waals surface area contributed by atoms with Crippen molar-refractivity contribution in [2.75, 3.05) is 11.9 Å². The number of carbonyl (C=O) groups is 3. The minimum atomic E-state index is -4.55. The van der Waals surface area contributed by atoms with Crippen LogP contribution in [0.5, 0.6) is 0 Å². The van der Waals surface area contributed by atoms with Gasteiger partial charge in [0.15, 0.2) is 11.5 Å². The van der Waals surface area contributed by atoms with Gasteiger partial charge < -0.3 is 10.1 Å². The molecule has 1 saturated carbocycles. The molecule has 0 bridgehead atoms. The molecular weight excluding hydrogens is 435 g/mol. The second-order valence-electron chi connectivity index (χ2n) is 7.28. The second-order valence-corrected chi connectivity index (χ2v) is 8.31. The summed E-state index contributed by atoms with van der Waals surface area (Å²) in [5.41, 5.74) is 0.0317. The van der Waals surface area contributed by atoms with E-state index in [-0.39, 0.29) is 41.8 Å². The fourth-order valence-electron chi connectivity index (χ4n) is 3.24. The molecule has 0 aromatic carbocycles. The molecule has 0 atom stereocenters. The molecule has 2 aromatic rings. The van der Waals surface area contributed by atoms with Gasteiger partial charge in [-0.05, 0) is 45.2 Å². The van der Waals surface area contributed by atoms with Gasteiger partial charge in [0, 0.05) is 24.6 Å². The van der Waals surface area contributed by atoms with E-state index < -0.39 is 23.7 Å². The van der Waals surface area contributed by atoms with Crippen LogP contribution in [0.15, 0.2) is 6.07 Å². The van der Waals surface area contributed by atoms with E-state index >= 15 is 0 Å². The van der Waals surface area contributed by atoms with E-state index in [0.29, 0.717) is 16.1 Å². The average molecular weight is 457 g/mol. The number of thiophene rings is 1. The number of halogens is 3. The van der Waals surface area contributed by atoms with Crippen LogP contribution in [0, 0.1) is 6.92 Å². The van der Waals surface area contributed by atoms with Gasteiger partial charge >= 0.3 is 12.1 Å². The van der Waals surface area contributed by atoms with Gasteiger partial charge in [0.1, 0.15) is 5.00 Å². The quantitative estimate of drug-likeness (QED) is 0.464. The van der Waals surface area contributed by atoms with E-state index in [1.165, 1.54) is 11.6 Å². The van der Waals surface area contributed by atoms with Crippen molar-refractivity contribution in [3.8, 4) is 0 Å². The van der Waals surface area contributed by atoms with E-state index in [9.17, 15) is 27.6 Å². The molecule has 11 heteroatoms. The van der Waals surface area contributed by atoms with Gasteiger partial charge in [-0.25, -0.2) is 4.79 Å². The highest BCUT2D eigenvalue weighted by Gasteiger charge is 2.37. The number of ketones is 1. The third kappa shape index (κ3) is 5.15. The molecule has 1 aliphatic rings. The normalized spacial score (nSPS) is 13.9. The number of amides is 1. The van der Waals surface area contributed by atoms with Crippen molar-refractivity contribution < 1.29 is 32.3 Å². The lowest BCUT2D eigenvalue weighted by molar-refractivity contribution is -0.141. The molecule has 168 valence electrons. The summed E-state index contributed by atoms with van der Waals surface area (Å²) in [6.45, 7) is 4.68. The lowest BCUT2D eigenvalue weighted by atomic mass is 10.1. The number of hydrogen-bond acceptors (Lipinski definition) is 6. The third-order valence-electron chi connectivity index (χ3n) is 4.85. The van der Waals surface area contributed by atoms with Crippen LogP contribution in [0.25, 0.3) is 0 Å². The first kappa shape index (κ1) is 23.0. The molecule has 2 heterocycles. The Kier molecular flexibility index (Phi) is 6.54. The zero-order chi connectivity index (χ0) is 22.9. The van der Waals surface area contributed by atoms with E-state index in [4.69, 9.17) is 4.74 Å². The van der Waals surface area contributed by atoms with E-state index in [0.717, 1.165) is 30.2 Å². The van der Waals surface area contributed by atoms with Gasteiger partial charge in [0.2, 0.25) is 5.91 Å². The number of rotatable bonds is 8. The Morgan fingerprint density at radius 1 is 1.32 bits per heavy atom. The molecule has 1 amide bonds. The fraction of sp³-hybridized carbons (Fsp3) is 0.500. The first-order valence-electron chi connectivity index (χ1n) is 9.79. The SMILES string of the molecule is CCOC(=O)c1c(NC(=O)CCn2nc(C(F)(F)F)cc2C2CC2)sc(C(C)=O)c1C. The van der Waals surface area contributed by atoms with Gasteiger partial charge in [-0.15, -0.1) is 11.3 Å². The van der Waals surface area contributed by atoms with Crippen LogP contribution in [-0.2, 0) is 22.3 Å². The molecular formula is C20H22F3N3O4S. The molecule has 0 saturated heterocycles. The number of esters is 1. The Hall–Kier alpha value is -2.69. The van der Waals surface area contributed by atoms with Gasteiger partial charge in [0.05, 0.1) is 17.0 Å². The van der Waals surface area contributed by atoms with Gasteiger partial charge in [-0.1, -0.05) is 0 Å². The number of hydrogen-bond donors (Lipinski definition) is 1. The van der Waals surface area contributed by atoms with Gasteiger partial charge in [0.25, 0.3) is 0 Å². The Labute approximate surface area is 180 Å². The first-order chi connectivity index (χ1) is 14.5. The molecule has 31 heavy (non-hydrogen) atoms. The Bertz CT molecular complexity index is 1020.